The summed E-state index contributed by atoms with van der Waals surface area (Å²) in [4.78, 5) is 13.6. The van der Waals surface area contributed by atoms with Gasteiger partial charge >= 0.3 is 0 Å². The lowest BCUT2D eigenvalue weighted by molar-refractivity contribution is 0.100. The van der Waals surface area contributed by atoms with E-state index in [4.69, 9.17) is 11.5 Å². The second-order valence-corrected chi connectivity index (χ2v) is 5.39. The molecule has 0 radical (unpaired) electrons. The summed E-state index contributed by atoms with van der Waals surface area (Å²) in [5, 5.41) is 3.36. The summed E-state index contributed by atoms with van der Waals surface area (Å²) in [5.74, 6) is -0.0649. The number of amides is 1. The molecule has 0 bridgehead atoms. The van der Waals surface area contributed by atoms with Crippen LogP contribution in [-0.2, 0) is 0 Å². The summed E-state index contributed by atoms with van der Waals surface area (Å²) >= 11 is 0. The number of nitrogens with one attached hydrogen (secondary N) is 1. The van der Waals surface area contributed by atoms with Gasteiger partial charge in [0.2, 0.25) is 0 Å². The lowest BCUT2D eigenvalue weighted by Crippen LogP contribution is -2.37. The fraction of sp³-hybridized carbons (Fsp3) is 0.500. The van der Waals surface area contributed by atoms with E-state index in [0.717, 1.165) is 6.54 Å². The molecule has 1 aromatic carbocycles. The first kappa shape index (κ1) is 15.3. The van der Waals surface area contributed by atoms with Crippen LogP contribution in [0.5, 0.6) is 0 Å². The zero-order chi connectivity index (χ0) is 14.6. The summed E-state index contributed by atoms with van der Waals surface area (Å²) in [7, 11) is 4.03. The maximum Gasteiger partial charge on any atom is 0.250 e. The Hall–Kier alpha value is -1.75. The van der Waals surface area contributed by atoms with Crippen LogP contribution < -0.4 is 16.8 Å². The van der Waals surface area contributed by atoms with Crippen LogP contribution in [0.2, 0.25) is 0 Å². The fourth-order valence-corrected chi connectivity index (χ4v) is 1.94. The highest BCUT2D eigenvalue weighted by Crippen LogP contribution is 2.25. The number of nitrogens with two attached hydrogens (primary N) is 2. The van der Waals surface area contributed by atoms with E-state index in [1.165, 1.54) is 0 Å². The minimum Gasteiger partial charge on any atom is -0.397 e. The number of benzene rings is 1. The van der Waals surface area contributed by atoms with E-state index in [9.17, 15) is 4.79 Å². The van der Waals surface area contributed by atoms with Crippen molar-refractivity contribution in [3.63, 3.8) is 0 Å². The molecule has 0 saturated heterocycles. The molecular formula is C14H24N4O. The highest BCUT2D eigenvalue weighted by molar-refractivity contribution is 6.01. The van der Waals surface area contributed by atoms with Gasteiger partial charge in [0.15, 0.2) is 0 Å². The summed E-state index contributed by atoms with van der Waals surface area (Å²) in [6.45, 7) is 5.11. The van der Waals surface area contributed by atoms with Crippen molar-refractivity contribution in [2.24, 2.45) is 11.7 Å². The summed E-state index contributed by atoms with van der Waals surface area (Å²) in [6.07, 6.45) is 0. The topological polar surface area (TPSA) is 84.4 Å². The zero-order valence-corrected chi connectivity index (χ0v) is 12.1. The molecule has 1 aromatic rings. The number of rotatable bonds is 6. The van der Waals surface area contributed by atoms with E-state index in [1.54, 1.807) is 18.2 Å². The molecule has 0 saturated carbocycles. The van der Waals surface area contributed by atoms with E-state index in [1.807, 2.05) is 14.1 Å². The molecule has 0 aliphatic carbocycles. The Balaban J connectivity index is 3.05. The van der Waals surface area contributed by atoms with Crippen LogP contribution in [0.4, 0.5) is 11.4 Å². The van der Waals surface area contributed by atoms with Crippen molar-refractivity contribution in [1.82, 2.24) is 4.90 Å². The molecule has 0 aliphatic rings. The van der Waals surface area contributed by atoms with Gasteiger partial charge in [-0.1, -0.05) is 19.9 Å². The second kappa shape index (κ2) is 6.43. The molecule has 0 aliphatic heterocycles. The molecule has 0 heterocycles. The Morgan fingerprint density at radius 1 is 1.37 bits per heavy atom. The second-order valence-electron chi connectivity index (χ2n) is 5.39. The minimum atomic E-state index is -0.470. The first-order valence-corrected chi connectivity index (χ1v) is 6.42. The van der Waals surface area contributed by atoms with Gasteiger partial charge < -0.3 is 21.7 Å². The third-order valence-corrected chi connectivity index (χ3v) is 3.06. The lowest BCUT2D eigenvalue weighted by atomic mass is 10.0. The molecule has 1 atom stereocenters. The molecule has 5 heteroatoms. The van der Waals surface area contributed by atoms with Crippen molar-refractivity contribution in [2.45, 2.75) is 19.9 Å². The average molecular weight is 264 g/mol. The zero-order valence-electron chi connectivity index (χ0n) is 12.1. The van der Waals surface area contributed by atoms with E-state index in [-0.39, 0.29) is 6.04 Å². The molecule has 0 aromatic heterocycles. The standard InChI is InChI=1S/C14H24N4O/c1-9(2)12(8-18(3)4)17-13-10(14(16)19)6-5-7-11(13)15/h5-7,9,12,17H,8,15H2,1-4H3,(H2,16,19). The van der Waals surface area contributed by atoms with Gasteiger partial charge in [0.25, 0.3) is 5.91 Å². The lowest BCUT2D eigenvalue weighted by Gasteiger charge is -2.28. The van der Waals surface area contributed by atoms with Crippen molar-refractivity contribution < 1.29 is 4.79 Å². The van der Waals surface area contributed by atoms with Gasteiger partial charge in [0.05, 0.1) is 16.9 Å². The maximum atomic E-state index is 11.5. The number of hydrogen-bond donors (Lipinski definition) is 3. The van der Waals surface area contributed by atoms with Gasteiger partial charge in [0.1, 0.15) is 0 Å². The molecule has 0 fully saturated rings. The smallest absolute Gasteiger partial charge is 0.250 e. The van der Waals surface area contributed by atoms with Crippen molar-refractivity contribution in [2.75, 3.05) is 31.7 Å². The van der Waals surface area contributed by atoms with E-state index in [0.29, 0.717) is 22.9 Å². The average Bonchev–Trinajstić information content (AvgIpc) is 2.29. The maximum absolute atomic E-state index is 11.5. The molecule has 5 nitrogen and oxygen atoms in total. The summed E-state index contributed by atoms with van der Waals surface area (Å²) in [6, 6.07) is 5.38. The van der Waals surface area contributed by atoms with Crippen LogP contribution in [0.1, 0.15) is 24.2 Å². The summed E-state index contributed by atoms with van der Waals surface area (Å²) in [5.41, 5.74) is 13.0. The molecule has 0 spiro atoms. The Morgan fingerprint density at radius 2 is 2.00 bits per heavy atom. The van der Waals surface area contributed by atoms with Crippen molar-refractivity contribution >= 4 is 17.3 Å². The van der Waals surface area contributed by atoms with Crippen LogP contribution in [-0.4, -0.2) is 37.5 Å². The van der Waals surface area contributed by atoms with Crippen LogP contribution in [0.3, 0.4) is 0 Å². The number of primary amides is 1. The molecular weight excluding hydrogens is 240 g/mol. The molecule has 5 N–H and O–H groups in total. The molecule has 19 heavy (non-hydrogen) atoms. The number of carbonyl (C=O) groups excluding carboxylic acids is 1. The highest BCUT2D eigenvalue weighted by atomic mass is 16.1. The Morgan fingerprint density at radius 3 is 2.47 bits per heavy atom. The third-order valence-electron chi connectivity index (χ3n) is 3.06. The monoisotopic (exact) mass is 264 g/mol. The van der Waals surface area contributed by atoms with Crippen LogP contribution in [0, 0.1) is 5.92 Å². The van der Waals surface area contributed by atoms with Crippen LogP contribution in [0.25, 0.3) is 0 Å². The normalized spacial score (nSPS) is 12.7. The molecule has 1 unspecified atom stereocenters. The van der Waals surface area contributed by atoms with E-state index >= 15 is 0 Å². The fourth-order valence-electron chi connectivity index (χ4n) is 1.94. The first-order chi connectivity index (χ1) is 8.82. The number of anilines is 2. The Labute approximate surface area is 115 Å². The number of para-hydroxylation sites is 1. The van der Waals surface area contributed by atoms with Crippen molar-refractivity contribution in [3.8, 4) is 0 Å². The molecule has 1 rings (SSSR count). The van der Waals surface area contributed by atoms with Crippen molar-refractivity contribution in [3.05, 3.63) is 23.8 Å². The Kier molecular flexibility index (Phi) is 5.18. The largest absolute Gasteiger partial charge is 0.397 e. The summed E-state index contributed by atoms with van der Waals surface area (Å²) < 4.78 is 0. The van der Waals surface area contributed by atoms with Crippen molar-refractivity contribution in [1.29, 1.82) is 0 Å². The number of nitrogen functional groups attached to an aromatic ring is 1. The predicted octanol–water partition coefficient (Wildman–Crippen LogP) is 1.37. The predicted molar refractivity (Wildman–Crippen MR) is 80.2 cm³/mol. The van der Waals surface area contributed by atoms with Gasteiger partial charge in [-0.05, 0) is 32.1 Å². The highest BCUT2D eigenvalue weighted by Gasteiger charge is 2.18. The SMILES string of the molecule is CC(C)C(CN(C)C)Nc1c(N)cccc1C(N)=O. The number of nitrogens with zero attached hydrogens (tertiary/aromatic N) is 1. The quantitative estimate of drug-likeness (QED) is 0.677. The number of hydrogen-bond acceptors (Lipinski definition) is 4. The third kappa shape index (κ3) is 4.13. The molecule has 1 amide bonds. The van der Waals surface area contributed by atoms with E-state index in [2.05, 4.69) is 24.1 Å². The van der Waals surface area contributed by atoms with Crippen LogP contribution in [0.15, 0.2) is 18.2 Å². The van der Waals surface area contributed by atoms with E-state index < -0.39 is 5.91 Å². The van der Waals surface area contributed by atoms with Gasteiger partial charge in [-0.3, -0.25) is 4.79 Å². The van der Waals surface area contributed by atoms with Gasteiger partial charge in [-0.25, -0.2) is 0 Å². The van der Waals surface area contributed by atoms with Gasteiger partial charge in [0, 0.05) is 12.6 Å². The number of carbonyl (C=O) groups is 1. The molecule has 106 valence electrons. The van der Waals surface area contributed by atoms with Gasteiger partial charge in [-0.15, -0.1) is 0 Å². The van der Waals surface area contributed by atoms with Gasteiger partial charge in [-0.2, -0.15) is 0 Å². The first-order valence-electron chi connectivity index (χ1n) is 6.42. The minimum absolute atomic E-state index is 0.192. The Bertz CT molecular complexity index is 443. The van der Waals surface area contributed by atoms with Crippen LogP contribution >= 0.6 is 0 Å². The number of likely N-dealkylation sites (N-methyl/N-ethyl adjacent to an activating group) is 1.